The second-order valence-corrected chi connectivity index (χ2v) is 6.61. The number of hydrogen-bond acceptors (Lipinski definition) is 2. The van der Waals surface area contributed by atoms with Crippen molar-refractivity contribution in [1.82, 2.24) is 5.32 Å². The fraction of sp³-hybridized carbons (Fsp3) is 0.647. The van der Waals surface area contributed by atoms with Crippen LogP contribution in [0.3, 0.4) is 0 Å². The molecular weight excluding hydrogens is 314 g/mol. The standard InChI is InChI=1S/C17H26BrNO/c1-4-10-19-17(12(3)13-6-7-13)14-8-9-16(20-5-2)15(18)11-14/h8-9,11-13,17,19H,4-7,10H2,1-3H3. The van der Waals surface area contributed by atoms with Crippen LogP contribution in [0.1, 0.15) is 51.6 Å². The molecule has 3 heteroatoms. The van der Waals surface area contributed by atoms with Gasteiger partial charge in [0.1, 0.15) is 5.75 Å². The first kappa shape index (κ1) is 15.8. The van der Waals surface area contributed by atoms with Crippen molar-refractivity contribution in [2.75, 3.05) is 13.2 Å². The van der Waals surface area contributed by atoms with Crippen LogP contribution in [0.2, 0.25) is 0 Å². The number of benzene rings is 1. The Hall–Kier alpha value is -0.540. The van der Waals surface area contributed by atoms with E-state index in [0.29, 0.717) is 18.6 Å². The van der Waals surface area contributed by atoms with Gasteiger partial charge >= 0.3 is 0 Å². The number of ether oxygens (including phenoxy) is 1. The molecule has 1 N–H and O–H groups in total. The second-order valence-electron chi connectivity index (χ2n) is 5.75. The largest absolute Gasteiger partial charge is 0.493 e. The topological polar surface area (TPSA) is 21.3 Å². The van der Waals surface area contributed by atoms with Crippen LogP contribution >= 0.6 is 15.9 Å². The van der Waals surface area contributed by atoms with Gasteiger partial charge in [0.2, 0.25) is 0 Å². The van der Waals surface area contributed by atoms with Gasteiger partial charge in [-0.05, 0) is 78.2 Å². The fourth-order valence-electron chi connectivity index (χ4n) is 2.78. The van der Waals surface area contributed by atoms with E-state index in [1.807, 2.05) is 6.92 Å². The maximum Gasteiger partial charge on any atom is 0.133 e. The van der Waals surface area contributed by atoms with Crippen LogP contribution in [-0.2, 0) is 0 Å². The van der Waals surface area contributed by atoms with Crippen molar-refractivity contribution in [3.8, 4) is 5.75 Å². The number of halogens is 1. The van der Waals surface area contributed by atoms with Gasteiger partial charge in [0.25, 0.3) is 0 Å². The third-order valence-electron chi connectivity index (χ3n) is 4.12. The third kappa shape index (κ3) is 3.98. The van der Waals surface area contributed by atoms with Gasteiger partial charge in [-0.15, -0.1) is 0 Å². The highest BCUT2D eigenvalue weighted by molar-refractivity contribution is 9.10. The Kier molecular flexibility index (Phi) is 5.91. The van der Waals surface area contributed by atoms with Crippen molar-refractivity contribution in [2.45, 2.75) is 46.1 Å². The van der Waals surface area contributed by atoms with E-state index in [1.165, 1.54) is 24.8 Å². The average Bonchev–Trinajstić information content (AvgIpc) is 3.26. The number of hydrogen-bond donors (Lipinski definition) is 1. The Morgan fingerprint density at radius 1 is 1.35 bits per heavy atom. The van der Waals surface area contributed by atoms with Gasteiger partial charge in [-0.1, -0.05) is 19.9 Å². The van der Waals surface area contributed by atoms with Crippen LogP contribution < -0.4 is 10.1 Å². The molecule has 1 fully saturated rings. The first-order valence-electron chi connectivity index (χ1n) is 7.83. The first-order valence-corrected chi connectivity index (χ1v) is 8.62. The molecule has 0 saturated heterocycles. The van der Waals surface area contributed by atoms with Gasteiger partial charge in [0, 0.05) is 6.04 Å². The molecule has 1 aromatic rings. The summed E-state index contributed by atoms with van der Waals surface area (Å²) in [7, 11) is 0. The van der Waals surface area contributed by atoms with Crippen LogP contribution in [-0.4, -0.2) is 13.2 Å². The summed E-state index contributed by atoms with van der Waals surface area (Å²) < 4.78 is 6.66. The molecule has 0 amide bonds. The van der Waals surface area contributed by atoms with Gasteiger partial charge in [-0.2, -0.15) is 0 Å². The molecule has 1 saturated carbocycles. The van der Waals surface area contributed by atoms with Crippen molar-refractivity contribution < 1.29 is 4.74 Å². The molecule has 112 valence electrons. The van der Waals surface area contributed by atoms with Crippen LogP contribution in [0.25, 0.3) is 0 Å². The zero-order valence-electron chi connectivity index (χ0n) is 12.8. The molecule has 0 aromatic heterocycles. The molecule has 2 nitrogen and oxygen atoms in total. The molecule has 2 rings (SSSR count). The smallest absolute Gasteiger partial charge is 0.133 e. The van der Waals surface area contributed by atoms with Gasteiger partial charge in [-0.3, -0.25) is 0 Å². The van der Waals surface area contributed by atoms with E-state index in [2.05, 4.69) is 53.3 Å². The van der Waals surface area contributed by atoms with Gasteiger partial charge in [0.15, 0.2) is 0 Å². The predicted molar refractivity (Wildman–Crippen MR) is 88.2 cm³/mol. The quantitative estimate of drug-likeness (QED) is 0.724. The monoisotopic (exact) mass is 339 g/mol. The second kappa shape index (κ2) is 7.46. The summed E-state index contributed by atoms with van der Waals surface area (Å²) in [5.41, 5.74) is 1.37. The Bertz CT molecular complexity index is 431. The van der Waals surface area contributed by atoms with Crippen molar-refractivity contribution in [2.24, 2.45) is 11.8 Å². The van der Waals surface area contributed by atoms with Crippen molar-refractivity contribution in [1.29, 1.82) is 0 Å². The molecule has 1 aromatic carbocycles. The fourth-order valence-corrected chi connectivity index (χ4v) is 3.30. The molecule has 2 unspecified atom stereocenters. The van der Waals surface area contributed by atoms with E-state index < -0.39 is 0 Å². The minimum absolute atomic E-state index is 0.453. The van der Waals surface area contributed by atoms with E-state index >= 15 is 0 Å². The van der Waals surface area contributed by atoms with E-state index in [9.17, 15) is 0 Å². The minimum Gasteiger partial charge on any atom is -0.493 e. The summed E-state index contributed by atoms with van der Waals surface area (Å²) in [5, 5.41) is 3.72. The molecular formula is C17H26BrNO. The molecule has 2 atom stereocenters. The summed E-state index contributed by atoms with van der Waals surface area (Å²) >= 11 is 3.63. The van der Waals surface area contributed by atoms with E-state index in [1.54, 1.807) is 0 Å². The Balaban J connectivity index is 2.16. The molecule has 0 aliphatic heterocycles. The third-order valence-corrected chi connectivity index (χ3v) is 4.74. The summed E-state index contributed by atoms with van der Waals surface area (Å²) in [4.78, 5) is 0. The van der Waals surface area contributed by atoms with Gasteiger partial charge < -0.3 is 10.1 Å². The van der Waals surface area contributed by atoms with Crippen LogP contribution in [0.15, 0.2) is 22.7 Å². The average molecular weight is 340 g/mol. The molecule has 20 heavy (non-hydrogen) atoms. The Labute approximate surface area is 131 Å². The lowest BCUT2D eigenvalue weighted by Crippen LogP contribution is -2.28. The summed E-state index contributed by atoms with van der Waals surface area (Å²) in [6.45, 7) is 8.40. The molecule has 0 spiro atoms. The molecule has 1 aliphatic carbocycles. The Morgan fingerprint density at radius 3 is 2.65 bits per heavy atom. The maximum atomic E-state index is 5.61. The highest BCUT2D eigenvalue weighted by Crippen LogP contribution is 2.43. The molecule has 0 radical (unpaired) electrons. The summed E-state index contributed by atoms with van der Waals surface area (Å²) in [6, 6.07) is 6.97. The summed E-state index contributed by atoms with van der Waals surface area (Å²) in [6.07, 6.45) is 3.96. The van der Waals surface area contributed by atoms with E-state index in [4.69, 9.17) is 4.74 Å². The first-order chi connectivity index (χ1) is 9.67. The lowest BCUT2D eigenvalue weighted by Gasteiger charge is -2.26. The SMILES string of the molecule is CCCNC(c1ccc(OCC)c(Br)c1)C(C)C1CC1. The molecule has 0 heterocycles. The highest BCUT2D eigenvalue weighted by Gasteiger charge is 2.33. The van der Waals surface area contributed by atoms with Crippen molar-refractivity contribution in [3.05, 3.63) is 28.2 Å². The lowest BCUT2D eigenvalue weighted by atomic mass is 9.90. The highest BCUT2D eigenvalue weighted by atomic mass is 79.9. The van der Waals surface area contributed by atoms with Crippen LogP contribution in [0.4, 0.5) is 0 Å². The Morgan fingerprint density at radius 2 is 2.10 bits per heavy atom. The summed E-state index contributed by atoms with van der Waals surface area (Å²) in [5.74, 6) is 2.53. The van der Waals surface area contributed by atoms with Crippen molar-refractivity contribution in [3.63, 3.8) is 0 Å². The number of rotatable bonds is 8. The van der Waals surface area contributed by atoms with Crippen LogP contribution in [0.5, 0.6) is 5.75 Å². The van der Waals surface area contributed by atoms with Gasteiger partial charge in [-0.25, -0.2) is 0 Å². The zero-order valence-corrected chi connectivity index (χ0v) is 14.4. The van der Waals surface area contributed by atoms with Crippen molar-refractivity contribution >= 4 is 15.9 Å². The van der Waals surface area contributed by atoms with E-state index in [0.717, 1.165) is 22.7 Å². The molecule has 0 bridgehead atoms. The zero-order chi connectivity index (χ0) is 14.5. The number of nitrogens with one attached hydrogen (secondary N) is 1. The van der Waals surface area contributed by atoms with E-state index in [-0.39, 0.29) is 0 Å². The minimum atomic E-state index is 0.453. The lowest BCUT2D eigenvalue weighted by molar-refractivity contribution is 0.335. The van der Waals surface area contributed by atoms with Gasteiger partial charge in [0.05, 0.1) is 11.1 Å². The predicted octanol–water partition coefficient (Wildman–Crippen LogP) is 4.93. The normalized spacial score (nSPS) is 17.8. The maximum absolute atomic E-state index is 5.61. The van der Waals surface area contributed by atoms with Crippen LogP contribution in [0, 0.1) is 11.8 Å². The molecule has 1 aliphatic rings.